The van der Waals surface area contributed by atoms with Crippen molar-refractivity contribution in [2.24, 2.45) is 0 Å². The van der Waals surface area contributed by atoms with E-state index in [1.807, 2.05) is 12.7 Å². The van der Waals surface area contributed by atoms with E-state index in [1.165, 1.54) is 35.6 Å². The number of H-pyrrole nitrogens is 2. The average Bonchev–Trinajstić information content (AvgIpc) is 3.05. The van der Waals surface area contributed by atoms with Gasteiger partial charge in [-0.05, 0) is 25.7 Å². The van der Waals surface area contributed by atoms with Gasteiger partial charge in [0.15, 0.2) is 0 Å². The molecule has 2 aliphatic rings. The highest BCUT2D eigenvalue weighted by Gasteiger charge is 2.26. The molecule has 4 rings (SSSR count). The lowest BCUT2D eigenvalue weighted by atomic mass is 9.91. The van der Waals surface area contributed by atoms with Crippen molar-refractivity contribution < 1.29 is 0 Å². The molecule has 5 nitrogen and oxygen atoms in total. The first-order chi connectivity index (χ1) is 9.38. The van der Waals surface area contributed by atoms with E-state index >= 15 is 0 Å². The second-order valence-electron chi connectivity index (χ2n) is 5.70. The van der Waals surface area contributed by atoms with E-state index < -0.39 is 0 Å². The highest BCUT2D eigenvalue weighted by molar-refractivity contribution is 5.19. The zero-order chi connectivity index (χ0) is 12.7. The fraction of sp³-hybridized carbons (Fsp3) is 0.571. The maximum absolute atomic E-state index is 4.36. The van der Waals surface area contributed by atoms with Crippen LogP contribution in [0.2, 0.25) is 0 Å². The van der Waals surface area contributed by atoms with Crippen molar-refractivity contribution >= 4 is 0 Å². The Kier molecular flexibility index (Phi) is 2.65. The summed E-state index contributed by atoms with van der Waals surface area (Å²) in [7, 11) is 0. The normalized spacial score (nSPS) is 25.9. The molecule has 0 radical (unpaired) electrons. The average molecular weight is 257 g/mol. The van der Waals surface area contributed by atoms with E-state index in [4.69, 9.17) is 0 Å². The highest BCUT2D eigenvalue weighted by atomic mass is 15.0. The third kappa shape index (κ3) is 2.08. The van der Waals surface area contributed by atoms with Gasteiger partial charge in [-0.25, -0.2) is 9.97 Å². The standard InChI is InChI=1S/C14H19N5/c1-3-11-13(17-7-15-11)5-9(1)19-10-2-4-12-14(6-10)18-8-16-12/h7-10,19H,1-6H2,(H,15,17)(H,16,18). The van der Waals surface area contributed by atoms with Crippen LogP contribution in [0, 0.1) is 0 Å². The first-order valence-corrected chi connectivity index (χ1v) is 7.17. The van der Waals surface area contributed by atoms with Crippen LogP contribution in [0.4, 0.5) is 0 Å². The van der Waals surface area contributed by atoms with Gasteiger partial charge in [0.1, 0.15) is 0 Å². The van der Waals surface area contributed by atoms with E-state index in [9.17, 15) is 0 Å². The van der Waals surface area contributed by atoms with Gasteiger partial charge in [0.2, 0.25) is 0 Å². The predicted octanol–water partition coefficient (Wildman–Crippen LogP) is 1.14. The second-order valence-corrected chi connectivity index (χ2v) is 5.70. The lowest BCUT2D eigenvalue weighted by Crippen LogP contribution is -2.44. The van der Waals surface area contributed by atoms with E-state index in [1.54, 1.807) is 0 Å². The monoisotopic (exact) mass is 257 g/mol. The van der Waals surface area contributed by atoms with Crippen LogP contribution in [0.5, 0.6) is 0 Å². The summed E-state index contributed by atoms with van der Waals surface area (Å²) in [6.07, 6.45) is 10.4. The van der Waals surface area contributed by atoms with Crippen molar-refractivity contribution in [1.29, 1.82) is 0 Å². The summed E-state index contributed by atoms with van der Waals surface area (Å²) in [5.74, 6) is 0. The lowest BCUT2D eigenvalue weighted by molar-refractivity contribution is 0.361. The van der Waals surface area contributed by atoms with Crippen LogP contribution in [0.3, 0.4) is 0 Å². The lowest BCUT2D eigenvalue weighted by Gasteiger charge is -2.30. The smallest absolute Gasteiger partial charge is 0.0925 e. The number of aryl methyl sites for hydroxylation is 2. The Balaban J connectivity index is 1.41. The molecule has 2 heterocycles. The van der Waals surface area contributed by atoms with E-state index in [0.717, 1.165) is 25.7 Å². The minimum absolute atomic E-state index is 0.586. The first-order valence-electron chi connectivity index (χ1n) is 7.17. The summed E-state index contributed by atoms with van der Waals surface area (Å²) in [4.78, 5) is 15.3. The maximum Gasteiger partial charge on any atom is 0.0925 e. The van der Waals surface area contributed by atoms with Crippen LogP contribution < -0.4 is 5.32 Å². The van der Waals surface area contributed by atoms with Crippen LogP contribution in [-0.2, 0) is 25.7 Å². The summed E-state index contributed by atoms with van der Waals surface area (Å²) >= 11 is 0. The first kappa shape index (κ1) is 11.2. The quantitative estimate of drug-likeness (QED) is 0.755. The number of aromatic nitrogens is 4. The molecular weight excluding hydrogens is 238 g/mol. The van der Waals surface area contributed by atoms with Gasteiger partial charge in [-0.15, -0.1) is 0 Å². The van der Waals surface area contributed by atoms with E-state index in [-0.39, 0.29) is 0 Å². The Labute approximate surface area is 112 Å². The van der Waals surface area contributed by atoms with Crippen LogP contribution in [0.1, 0.15) is 35.6 Å². The molecule has 2 aromatic heterocycles. The number of nitrogens with zero attached hydrogens (tertiary/aromatic N) is 2. The van der Waals surface area contributed by atoms with Gasteiger partial charge in [-0.1, -0.05) is 0 Å². The second kappa shape index (κ2) is 4.49. The molecule has 100 valence electrons. The summed E-state index contributed by atoms with van der Waals surface area (Å²) in [5, 5.41) is 3.82. The number of aromatic amines is 2. The van der Waals surface area contributed by atoms with Gasteiger partial charge in [-0.3, -0.25) is 0 Å². The van der Waals surface area contributed by atoms with Crippen LogP contribution >= 0.6 is 0 Å². The largest absolute Gasteiger partial charge is 0.348 e. The molecule has 0 amide bonds. The van der Waals surface area contributed by atoms with Crippen LogP contribution in [-0.4, -0.2) is 32.0 Å². The van der Waals surface area contributed by atoms with Crippen molar-refractivity contribution in [3.8, 4) is 0 Å². The zero-order valence-corrected chi connectivity index (χ0v) is 10.9. The zero-order valence-electron chi connectivity index (χ0n) is 10.9. The van der Waals surface area contributed by atoms with Gasteiger partial charge >= 0.3 is 0 Å². The molecular formula is C14H19N5. The molecule has 0 spiro atoms. The molecule has 19 heavy (non-hydrogen) atoms. The molecule has 0 saturated heterocycles. The summed E-state index contributed by atoms with van der Waals surface area (Å²) in [6, 6.07) is 1.17. The third-order valence-corrected chi connectivity index (χ3v) is 4.45. The van der Waals surface area contributed by atoms with Gasteiger partial charge in [0.25, 0.3) is 0 Å². The van der Waals surface area contributed by atoms with E-state index in [2.05, 4.69) is 25.3 Å². The molecule has 0 bridgehead atoms. The topological polar surface area (TPSA) is 69.4 Å². The molecule has 3 N–H and O–H groups in total. The molecule has 2 aliphatic carbocycles. The van der Waals surface area contributed by atoms with Gasteiger partial charge in [-0.2, -0.15) is 0 Å². The minimum Gasteiger partial charge on any atom is -0.348 e. The maximum atomic E-state index is 4.36. The molecule has 2 unspecified atom stereocenters. The number of fused-ring (bicyclic) bond motifs is 2. The molecule has 0 saturated carbocycles. The van der Waals surface area contributed by atoms with Gasteiger partial charge in [0, 0.05) is 36.3 Å². The number of imidazole rings is 2. The van der Waals surface area contributed by atoms with Gasteiger partial charge in [0.05, 0.1) is 24.0 Å². The Morgan fingerprint density at radius 2 is 1.42 bits per heavy atom. The predicted molar refractivity (Wildman–Crippen MR) is 71.9 cm³/mol. The Hall–Kier alpha value is -1.62. The summed E-state index contributed by atoms with van der Waals surface area (Å²) in [6.45, 7) is 0. The molecule has 5 heteroatoms. The summed E-state index contributed by atoms with van der Waals surface area (Å²) in [5.41, 5.74) is 5.17. The Morgan fingerprint density at radius 3 is 1.95 bits per heavy atom. The Morgan fingerprint density at radius 1 is 0.895 bits per heavy atom. The molecule has 2 aromatic rings. The fourth-order valence-corrected chi connectivity index (χ4v) is 3.42. The van der Waals surface area contributed by atoms with Crippen molar-refractivity contribution in [3.63, 3.8) is 0 Å². The number of rotatable bonds is 2. The third-order valence-electron chi connectivity index (χ3n) is 4.45. The number of nitrogens with one attached hydrogen (secondary N) is 3. The molecule has 0 aliphatic heterocycles. The minimum atomic E-state index is 0.586. The fourth-order valence-electron chi connectivity index (χ4n) is 3.42. The van der Waals surface area contributed by atoms with Crippen LogP contribution in [0.25, 0.3) is 0 Å². The highest BCUT2D eigenvalue weighted by Crippen LogP contribution is 2.22. The number of hydrogen-bond donors (Lipinski definition) is 3. The molecule has 0 fully saturated rings. The Bertz CT molecular complexity index is 520. The molecule has 0 aromatic carbocycles. The SMILES string of the molecule is c1nc2c([nH]1)CC(NC1CCc3nc[nH]c3C1)CC2. The van der Waals surface area contributed by atoms with Crippen LogP contribution in [0.15, 0.2) is 12.7 Å². The summed E-state index contributed by atoms with van der Waals surface area (Å²) < 4.78 is 0. The van der Waals surface area contributed by atoms with Gasteiger partial charge < -0.3 is 15.3 Å². The van der Waals surface area contributed by atoms with E-state index in [0.29, 0.717) is 12.1 Å². The van der Waals surface area contributed by atoms with Crippen molar-refractivity contribution in [2.45, 2.75) is 50.6 Å². The van der Waals surface area contributed by atoms with Crippen molar-refractivity contribution in [2.75, 3.05) is 0 Å². The van der Waals surface area contributed by atoms with Crippen molar-refractivity contribution in [3.05, 3.63) is 35.4 Å². The molecule has 2 atom stereocenters. The number of hydrogen-bond acceptors (Lipinski definition) is 3. The van der Waals surface area contributed by atoms with Crippen molar-refractivity contribution in [1.82, 2.24) is 25.3 Å².